The molecule has 0 saturated heterocycles. The summed E-state index contributed by atoms with van der Waals surface area (Å²) < 4.78 is 5.99. The molecule has 0 spiro atoms. The van der Waals surface area contributed by atoms with Gasteiger partial charge in [0.2, 0.25) is 0 Å². The van der Waals surface area contributed by atoms with Gasteiger partial charge in [0.15, 0.2) is 0 Å². The molecule has 1 rings (SSSR count). The summed E-state index contributed by atoms with van der Waals surface area (Å²) in [5.41, 5.74) is 0. The number of hydrogen-bond acceptors (Lipinski definition) is 4. The quantitative estimate of drug-likeness (QED) is 0.821. The van der Waals surface area contributed by atoms with Gasteiger partial charge in [-0.2, -0.15) is 0 Å². The minimum Gasteiger partial charge on any atom is -0.466 e. The van der Waals surface area contributed by atoms with Crippen LogP contribution in [0.15, 0.2) is 15.9 Å². The molecule has 0 aliphatic carbocycles. The molecule has 1 aromatic rings. The van der Waals surface area contributed by atoms with E-state index in [1.165, 1.54) is 4.88 Å². The summed E-state index contributed by atoms with van der Waals surface area (Å²) in [6.45, 7) is 5.04. The van der Waals surface area contributed by atoms with Crippen molar-refractivity contribution >= 4 is 33.2 Å². The van der Waals surface area contributed by atoms with E-state index in [9.17, 15) is 4.79 Å². The van der Waals surface area contributed by atoms with Crippen LogP contribution in [0.25, 0.3) is 0 Å². The molecule has 0 aliphatic heterocycles. The summed E-state index contributed by atoms with van der Waals surface area (Å²) in [7, 11) is 0. The van der Waals surface area contributed by atoms with Gasteiger partial charge < -0.3 is 10.1 Å². The summed E-state index contributed by atoms with van der Waals surface area (Å²) in [5.74, 6) is -0.144. The zero-order chi connectivity index (χ0) is 12.0. The number of nitrogens with one attached hydrogen (secondary N) is 1. The maximum Gasteiger partial charge on any atom is 0.307 e. The van der Waals surface area contributed by atoms with Crippen molar-refractivity contribution < 1.29 is 9.53 Å². The van der Waals surface area contributed by atoms with E-state index in [0.717, 1.165) is 11.0 Å². The largest absolute Gasteiger partial charge is 0.466 e. The summed E-state index contributed by atoms with van der Waals surface area (Å²) >= 11 is 5.10. The fourth-order valence-electron chi connectivity index (χ4n) is 1.26. The molecule has 1 N–H and O–H groups in total. The molecule has 0 aliphatic rings. The summed E-state index contributed by atoms with van der Waals surface area (Å²) in [6, 6.07) is 2.22. The third-order valence-corrected chi connectivity index (χ3v) is 3.72. The Morgan fingerprint density at radius 1 is 1.69 bits per heavy atom. The number of thiophene rings is 1. The minimum absolute atomic E-state index is 0.139. The van der Waals surface area contributed by atoms with Gasteiger partial charge >= 0.3 is 5.97 Å². The van der Waals surface area contributed by atoms with Crippen molar-refractivity contribution in [2.75, 3.05) is 6.61 Å². The van der Waals surface area contributed by atoms with Gasteiger partial charge in [-0.15, -0.1) is 11.3 Å². The topological polar surface area (TPSA) is 38.3 Å². The van der Waals surface area contributed by atoms with Crippen LogP contribution in [0, 0.1) is 0 Å². The number of rotatable bonds is 6. The second kappa shape index (κ2) is 7.04. The van der Waals surface area contributed by atoms with Gasteiger partial charge in [-0.3, -0.25) is 4.79 Å². The van der Waals surface area contributed by atoms with E-state index in [4.69, 9.17) is 4.74 Å². The van der Waals surface area contributed by atoms with Crippen LogP contribution in [0.4, 0.5) is 0 Å². The Kier molecular flexibility index (Phi) is 6.01. The number of ether oxygens (including phenoxy) is 1. The Hall–Kier alpha value is -0.390. The van der Waals surface area contributed by atoms with Gasteiger partial charge in [0.05, 0.1) is 13.0 Å². The first-order chi connectivity index (χ1) is 7.61. The molecular weight excluding hydrogens is 290 g/mol. The molecule has 0 bridgehead atoms. The average molecular weight is 306 g/mol. The fourth-order valence-corrected chi connectivity index (χ4v) is 2.67. The lowest BCUT2D eigenvalue weighted by Crippen LogP contribution is -2.28. The summed E-state index contributed by atoms with van der Waals surface area (Å²) in [4.78, 5) is 12.5. The molecule has 0 fully saturated rings. The molecule has 1 unspecified atom stereocenters. The van der Waals surface area contributed by atoms with Crippen molar-refractivity contribution in [2.24, 2.45) is 0 Å². The molecule has 1 atom stereocenters. The highest BCUT2D eigenvalue weighted by Gasteiger charge is 2.09. The minimum atomic E-state index is -0.144. The Balaban J connectivity index is 2.24. The number of carbonyl (C=O) groups is 1. The number of esters is 1. The number of halogens is 1. The van der Waals surface area contributed by atoms with Gasteiger partial charge in [-0.1, -0.05) is 0 Å². The highest BCUT2D eigenvalue weighted by molar-refractivity contribution is 9.10. The predicted molar refractivity (Wildman–Crippen MR) is 69.6 cm³/mol. The van der Waals surface area contributed by atoms with Crippen LogP contribution < -0.4 is 5.32 Å². The zero-order valence-corrected chi connectivity index (χ0v) is 11.9. The maximum atomic E-state index is 11.2. The third kappa shape index (κ3) is 5.09. The Bertz CT molecular complexity index is 340. The van der Waals surface area contributed by atoms with Crippen molar-refractivity contribution in [3.05, 3.63) is 20.8 Å². The Morgan fingerprint density at radius 2 is 2.44 bits per heavy atom. The van der Waals surface area contributed by atoms with E-state index >= 15 is 0 Å². The molecule has 0 radical (unpaired) electrons. The average Bonchev–Trinajstić information content (AvgIpc) is 2.61. The number of carbonyl (C=O) groups excluding carboxylic acids is 1. The van der Waals surface area contributed by atoms with Gasteiger partial charge in [0, 0.05) is 27.3 Å². The van der Waals surface area contributed by atoms with Crippen LogP contribution in [0.3, 0.4) is 0 Å². The van der Waals surface area contributed by atoms with Gasteiger partial charge in [0.1, 0.15) is 0 Å². The molecule has 0 saturated carbocycles. The first-order valence-electron chi connectivity index (χ1n) is 5.23. The van der Waals surface area contributed by atoms with E-state index in [-0.39, 0.29) is 12.0 Å². The van der Waals surface area contributed by atoms with Crippen molar-refractivity contribution in [3.63, 3.8) is 0 Å². The van der Waals surface area contributed by atoms with E-state index in [0.29, 0.717) is 13.0 Å². The SMILES string of the molecule is CCOC(=O)CC(C)NCc1cc(Br)cs1. The van der Waals surface area contributed by atoms with Crippen LogP contribution >= 0.6 is 27.3 Å². The van der Waals surface area contributed by atoms with Crippen LogP contribution in [0.1, 0.15) is 25.1 Å². The zero-order valence-electron chi connectivity index (χ0n) is 9.46. The first kappa shape index (κ1) is 13.7. The summed E-state index contributed by atoms with van der Waals surface area (Å²) in [5, 5.41) is 5.34. The summed E-state index contributed by atoms with van der Waals surface area (Å²) in [6.07, 6.45) is 0.417. The normalized spacial score (nSPS) is 12.4. The monoisotopic (exact) mass is 305 g/mol. The molecule has 5 heteroatoms. The highest BCUT2D eigenvalue weighted by atomic mass is 79.9. The standard InChI is InChI=1S/C11H16BrNO2S/c1-3-15-11(14)4-8(2)13-6-10-5-9(12)7-16-10/h5,7-8,13H,3-4,6H2,1-2H3. The van der Waals surface area contributed by atoms with E-state index in [1.54, 1.807) is 11.3 Å². The van der Waals surface area contributed by atoms with E-state index in [1.807, 2.05) is 19.2 Å². The Labute approximate surface area is 108 Å². The lowest BCUT2D eigenvalue weighted by Gasteiger charge is -2.11. The second-order valence-electron chi connectivity index (χ2n) is 3.52. The van der Waals surface area contributed by atoms with E-state index in [2.05, 4.69) is 27.3 Å². The van der Waals surface area contributed by atoms with Crippen molar-refractivity contribution in [1.29, 1.82) is 0 Å². The second-order valence-corrected chi connectivity index (χ2v) is 5.43. The van der Waals surface area contributed by atoms with Crippen molar-refractivity contribution in [2.45, 2.75) is 32.9 Å². The maximum absolute atomic E-state index is 11.2. The molecule has 1 aromatic heterocycles. The van der Waals surface area contributed by atoms with Gasteiger partial charge in [-0.25, -0.2) is 0 Å². The van der Waals surface area contributed by atoms with Crippen LogP contribution in [0.5, 0.6) is 0 Å². The lowest BCUT2D eigenvalue weighted by atomic mass is 10.2. The highest BCUT2D eigenvalue weighted by Crippen LogP contribution is 2.19. The molecular formula is C11H16BrNO2S. The third-order valence-electron chi connectivity index (χ3n) is 2.02. The molecule has 0 amide bonds. The van der Waals surface area contributed by atoms with Crippen molar-refractivity contribution in [3.8, 4) is 0 Å². The van der Waals surface area contributed by atoms with Gasteiger partial charge in [0.25, 0.3) is 0 Å². The first-order valence-corrected chi connectivity index (χ1v) is 6.91. The van der Waals surface area contributed by atoms with Crippen LogP contribution in [0.2, 0.25) is 0 Å². The van der Waals surface area contributed by atoms with Crippen LogP contribution in [-0.2, 0) is 16.1 Å². The molecule has 0 aromatic carbocycles. The van der Waals surface area contributed by atoms with Crippen LogP contribution in [-0.4, -0.2) is 18.6 Å². The van der Waals surface area contributed by atoms with Crippen molar-refractivity contribution in [1.82, 2.24) is 5.32 Å². The Morgan fingerprint density at radius 3 is 3.00 bits per heavy atom. The molecule has 90 valence electrons. The molecule has 1 heterocycles. The smallest absolute Gasteiger partial charge is 0.307 e. The fraction of sp³-hybridized carbons (Fsp3) is 0.545. The lowest BCUT2D eigenvalue weighted by molar-refractivity contribution is -0.143. The molecule has 3 nitrogen and oxygen atoms in total. The number of hydrogen-bond donors (Lipinski definition) is 1. The molecule has 16 heavy (non-hydrogen) atoms. The van der Waals surface area contributed by atoms with E-state index < -0.39 is 0 Å². The van der Waals surface area contributed by atoms with Gasteiger partial charge in [-0.05, 0) is 35.8 Å². The predicted octanol–water partition coefficient (Wildman–Crippen LogP) is 2.94.